The van der Waals surface area contributed by atoms with Crippen LogP contribution in [-0.4, -0.2) is 12.4 Å². The van der Waals surface area contributed by atoms with Crippen molar-refractivity contribution in [3.8, 4) is 5.75 Å². The van der Waals surface area contributed by atoms with Crippen molar-refractivity contribution < 1.29 is 4.74 Å². The minimum Gasteiger partial charge on any atom is -0.493 e. The Kier molecular flexibility index (Phi) is 4.95. The Bertz CT molecular complexity index is 523. The molecule has 0 saturated heterocycles. The smallest absolute Gasteiger partial charge is 0.119 e. The van der Waals surface area contributed by atoms with E-state index in [-0.39, 0.29) is 0 Å². The van der Waals surface area contributed by atoms with E-state index < -0.39 is 0 Å². The summed E-state index contributed by atoms with van der Waals surface area (Å²) in [5, 5.41) is 2.42. The summed E-state index contributed by atoms with van der Waals surface area (Å²) in [5.41, 5.74) is 0. The molecule has 1 atom stereocenters. The molecule has 0 N–H and O–H groups in total. The monoisotopic (exact) mass is 324 g/mol. The largest absolute Gasteiger partial charge is 0.493 e. The lowest BCUT2D eigenvalue weighted by molar-refractivity contribution is 0.260. The summed E-state index contributed by atoms with van der Waals surface area (Å²) in [4.78, 5) is 0. The molecule has 0 aromatic heterocycles. The minimum absolute atomic E-state index is 0.522. The van der Waals surface area contributed by atoms with Crippen LogP contribution in [0.5, 0.6) is 5.75 Å². The van der Waals surface area contributed by atoms with Gasteiger partial charge in [0.2, 0.25) is 0 Å². The Hall–Kier alpha value is -0.670. The molecule has 0 fully saturated rings. The molecule has 0 saturated carbocycles. The van der Waals surface area contributed by atoms with Gasteiger partial charge in [-0.25, -0.2) is 0 Å². The lowest BCUT2D eigenvalue weighted by Gasteiger charge is -2.13. The predicted molar refractivity (Wildman–Crippen MR) is 84.8 cm³/mol. The standard InChI is InChI=1S/C15H17BrOS/c1-2-11(10-18)9-17-15-6-4-12-7-14(16)5-3-13(12)8-15/h3-8,11,18H,2,9-10H2,1H3. The molecular weight excluding hydrogens is 308 g/mol. The van der Waals surface area contributed by atoms with Gasteiger partial charge in [-0.3, -0.25) is 0 Å². The molecule has 18 heavy (non-hydrogen) atoms. The normalized spacial score (nSPS) is 12.6. The van der Waals surface area contributed by atoms with Crippen molar-refractivity contribution in [2.75, 3.05) is 12.4 Å². The van der Waals surface area contributed by atoms with E-state index >= 15 is 0 Å². The zero-order valence-corrected chi connectivity index (χ0v) is 12.9. The molecule has 2 rings (SSSR count). The van der Waals surface area contributed by atoms with Crippen LogP contribution in [0.3, 0.4) is 0 Å². The van der Waals surface area contributed by atoms with Crippen molar-refractivity contribution in [2.45, 2.75) is 13.3 Å². The first kappa shape index (κ1) is 13.8. The van der Waals surface area contributed by atoms with Crippen LogP contribution < -0.4 is 4.74 Å². The SMILES string of the molecule is CCC(CS)COc1ccc2cc(Br)ccc2c1. The van der Waals surface area contributed by atoms with Crippen molar-refractivity contribution in [2.24, 2.45) is 5.92 Å². The topological polar surface area (TPSA) is 9.23 Å². The van der Waals surface area contributed by atoms with Crippen LogP contribution in [0.1, 0.15) is 13.3 Å². The number of benzene rings is 2. The van der Waals surface area contributed by atoms with Gasteiger partial charge in [0.25, 0.3) is 0 Å². The highest BCUT2D eigenvalue weighted by molar-refractivity contribution is 9.10. The molecule has 0 aliphatic heterocycles. The Morgan fingerprint density at radius 2 is 1.89 bits per heavy atom. The first-order chi connectivity index (χ1) is 8.72. The van der Waals surface area contributed by atoms with Gasteiger partial charge in [0.15, 0.2) is 0 Å². The second-order valence-corrected chi connectivity index (χ2v) is 5.70. The summed E-state index contributed by atoms with van der Waals surface area (Å²) in [5.74, 6) is 2.33. The van der Waals surface area contributed by atoms with Gasteiger partial charge in [-0.05, 0) is 47.2 Å². The summed E-state index contributed by atoms with van der Waals surface area (Å²) in [6, 6.07) is 12.5. The van der Waals surface area contributed by atoms with E-state index in [9.17, 15) is 0 Å². The minimum atomic E-state index is 0.522. The zero-order chi connectivity index (χ0) is 13.0. The molecule has 2 aromatic carbocycles. The molecule has 1 nitrogen and oxygen atoms in total. The van der Waals surface area contributed by atoms with E-state index in [1.54, 1.807) is 0 Å². The fourth-order valence-electron chi connectivity index (χ4n) is 1.80. The molecule has 3 heteroatoms. The van der Waals surface area contributed by atoms with Crippen molar-refractivity contribution in [3.05, 3.63) is 40.9 Å². The second kappa shape index (κ2) is 6.48. The maximum absolute atomic E-state index is 5.83. The molecule has 0 amide bonds. The van der Waals surface area contributed by atoms with Gasteiger partial charge < -0.3 is 4.74 Å². The average Bonchev–Trinajstić information content (AvgIpc) is 2.40. The summed E-state index contributed by atoms with van der Waals surface area (Å²) < 4.78 is 6.93. The van der Waals surface area contributed by atoms with Crippen molar-refractivity contribution in [1.82, 2.24) is 0 Å². The van der Waals surface area contributed by atoms with E-state index in [2.05, 4.69) is 65.8 Å². The van der Waals surface area contributed by atoms with Crippen molar-refractivity contribution in [1.29, 1.82) is 0 Å². The molecule has 96 valence electrons. The summed E-state index contributed by atoms with van der Waals surface area (Å²) in [6.45, 7) is 2.91. The van der Waals surface area contributed by atoms with Gasteiger partial charge >= 0.3 is 0 Å². The number of thiol groups is 1. The van der Waals surface area contributed by atoms with E-state index in [0.29, 0.717) is 5.92 Å². The second-order valence-electron chi connectivity index (χ2n) is 4.42. The van der Waals surface area contributed by atoms with Gasteiger partial charge in [0.1, 0.15) is 5.75 Å². The number of ether oxygens (including phenoxy) is 1. The van der Waals surface area contributed by atoms with Crippen molar-refractivity contribution >= 4 is 39.3 Å². The molecule has 0 aliphatic rings. The lowest BCUT2D eigenvalue weighted by atomic mass is 10.1. The number of fused-ring (bicyclic) bond motifs is 1. The van der Waals surface area contributed by atoms with E-state index in [1.165, 1.54) is 10.8 Å². The maximum atomic E-state index is 5.83. The first-order valence-electron chi connectivity index (χ1n) is 6.16. The van der Waals surface area contributed by atoms with Gasteiger partial charge in [0.05, 0.1) is 6.61 Å². The fraction of sp³-hybridized carbons (Fsp3) is 0.333. The molecule has 0 heterocycles. The molecule has 0 spiro atoms. The number of halogens is 1. The first-order valence-corrected chi connectivity index (χ1v) is 7.58. The molecule has 0 radical (unpaired) electrons. The average molecular weight is 325 g/mol. The molecule has 0 bridgehead atoms. The highest BCUT2D eigenvalue weighted by atomic mass is 79.9. The Labute approximate surface area is 122 Å². The van der Waals surface area contributed by atoms with Crippen LogP contribution in [0.4, 0.5) is 0 Å². The summed E-state index contributed by atoms with van der Waals surface area (Å²) >= 11 is 7.81. The Balaban J connectivity index is 2.12. The lowest BCUT2D eigenvalue weighted by Crippen LogP contribution is -2.12. The maximum Gasteiger partial charge on any atom is 0.119 e. The van der Waals surface area contributed by atoms with E-state index in [4.69, 9.17) is 4.74 Å². The highest BCUT2D eigenvalue weighted by Crippen LogP contribution is 2.24. The summed E-state index contributed by atoms with van der Waals surface area (Å²) in [6.07, 6.45) is 1.10. The summed E-state index contributed by atoms with van der Waals surface area (Å²) in [7, 11) is 0. The molecule has 1 unspecified atom stereocenters. The number of rotatable bonds is 5. The Morgan fingerprint density at radius 3 is 2.61 bits per heavy atom. The third-order valence-corrected chi connectivity index (χ3v) is 4.10. The third-order valence-electron chi connectivity index (χ3n) is 3.10. The highest BCUT2D eigenvalue weighted by Gasteiger charge is 2.05. The van der Waals surface area contributed by atoms with Crippen LogP contribution in [0.25, 0.3) is 10.8 Å². The Morgan fingerprint density at radius 1 is 1.17 bits per heavy atom. The number of hydrogen-bond donors (Lipinski definition) is 1. The van der Waals surface area contributed by atoms with E-state index in [1.807, 2.05) is 6.07 Å². The van der Waals surface area contributed by atoms with Crippen LogP contribution in [-0.2, 0) is 0 Å². The fourth-order valence-corrected chi connectivity index (χ4v) is 2.54. The van der Waals surface area contributed by atoms with Gasteiger partial charge in [-0.2, -0.15) is 12.6 Å². The van der Waals surface area contributed by atoms with Gasteiger partial charge in [0, 0.05) is 10.4 Å². The zero-order valence-electron chi connectivity index (χ0n) is 10.4. The van der Waals surface area contributed by atoms with Crippen LogP contribution in [0.2, 0.25) is 0 Å². The van der Waals surface area contributed by atoms with Crippen molar-refractivity contribution in [3.63, 3.8) is 0 Å². The van der Waals surface area contributed by atoms with Crippen LogP contribution in [0, 0.1) is 5.92 Å². The predicted octanol–water partition coefficient (Wildman–Crippen LogP) is 4.94. The van der Waals surface area contributed by atoms with Crippen LogP contribution in [0.15, 0.2) is 40.9 Å². The third kappa shape index (κ3) is 3.42. The van der Waals surface area contributed by atoms with Crippen LogP contribution >= 0.6 is 28.6 Å². The van der Waals surface area contributed by atoms with Gasteiger partial charge in [-0.15, -0.1) is 0 Å². The molecule has 2 aromatic rings. The quantitative estimate of drug-likeness (QED) is 0.766. The van der Waals surface area contributed by atoms with Gasteiger partial charge in [-0.1, -0.05) is 35.0 Å². The number of hydrogen-bond acceptors (Lipinski definition) is 2. The van der Waals surface area contributed by atoms with E-state index in [0.717, 1.165) is 29.0 Å². The molecular formula is C15H17BrOS. The molecule has 0 aliphatic carbocycles.